The molecule has 7 heteroatoms. The number of halogens is 4. The molecule has 0 saturated heterocycles. The van der Waals surface area contributed by atoms with Crippen LogP contribution in [0, 0.1) is 0 Å². The Morgan fingerprint density at radius 3 is 2.07 bits per heavy atom. The molecule has 0 aromatic rings. The predicted molar refractivity (Wildman–Crippen MR) is 68.9 cm³/mol. The first-order valence-corrected chi connectivity index (χ1v) is 4.89. The van der Waals surface area contributed by atoms with Gasteiger partial charge >= 0.3 is 0 Å². The van der Waals surface area contributed by atoms with Gasteiger partial charge in [0, 0.05) is 6.42 Å². The predicted octanol–water partition coefficient (Wildman–Crippen LogP) is 1.64. The van der Waals surface area contributed by atoms with E-state index in [1.54, 1.807) is 0 Å². The second kappa shape index (κ2) is 12.1. The molecule has 5 N–H and O–H groups in total. The Balaban J connectivity index is -0.000000605. The van der Waals surface area contributed by atoms with Crippen LogP contribution in [0.3, 0.4) is 0 Å². The van der Waals surface area contributed by atoms with Crippen molar-refractivity contribution in [2.45, 2.75) is 23.7 Å². The van der Waals surface area contributed by atoms with Gasteiger partial charge in [0.15, 0.2) is 4.46 Å². The first-order chi connectivity index (χ1) is 5.56. The molecule has 0 aromatic carbocycles. The monoisotopic (exact) mass is 285 g/mol. The topological polar surface area (TPSA) is 64.1 Å². The molecule has 0 amide bonds. The maximum atomic E-state index is 5.56. The average Bonchev–Trinajstić information content (AvgIpc) is 1.94. The molecule has 90 valence electrons. The number of hydrogen-bond acceptors (Lipinski definition) is 3. The number of alkyl halides is 2. The lowest BCUT2D eigenvalue weighted by Gasteiger charge is -2.12. The molecule has 0 saturated carbocycles. The zero-order chi connectivity index (χ0) is 9.45. The van der Waals surface area contributed by atoms with Crippen LogP contribution >= 0.6 is 48.0 Å². The minimum absolute atomic E-state index is 0. The van der Waals surface area contributed by atoms with Crippen LogP contribution in [-0.4, -0.2) is 24.1 Å². The average molecular weight is 287 g/mol. The van der Waals surface area contributed by atoms with Gasteiger partial charge in [-0.15, -0.1) is 24.8 Å². The fourth-order valence-corrected chi connectivity index (χ4v) is 0.963. The van der Waals surface area contributed by atoms with E-state index in [-0.39, 0.29) is 24.8 Å². The van der Waals surface area contributed by atoms with E-state index >= 15 is 0 Å². The third-order valence-electron chi connectivity index (χ3n) is 1.44. The van der Waals surface area contributed by atoms with E-state index in [0.29, 0.717) is 6.42 Å². The molecule has 0 fully saturated rings. The second-order valence-corrected chi connectivity index (χ2v) is 4.30. The third kappa shape index (κ3) is 18.8. The molecular weight excluding hydrogens is 268 g/mol. The third-order valence-corrected chi connectivity index (χ3v) is 1.82. The SMILES string of the molecule is Cl.Cl.NCCCCNCCC(N)(Cl)Cl. The largest absolute Gasteiger partial charge is 0.330 e. The number of unbranched alkanes of at least 4 members (excludes halogenated alkanes) is 1. The quantitative estimate of drug-likeness (QED) is 0.379. The maximum absolute atomic E-state index is 5.56. The normalized spacial score (nSPS) is 10.3. The lowest BCUT2D eigenvalue weighted by Crippen LogP contribution is -2.31. The van der Waals surface area contributed by atoms with Crippen LogP contribution in [0.25, 0.3) is 0 Å². The van der Waals surface area contributed by atoms with Crippen molar-refractivity contribution in [3.05, 3.63) is 0 Å². The Kier molecular flexibility index (Phi) is 17.7. The van der Waals surface area contributed by atoms with Crippen molar-refractivity contribution in [1.82, 2.24) is 5.32 Å². The summed E-state index contributed by atoms with van der Waals surface area (Å²) in [6.45, 7) is 2.43. The van der Waals surface area contributed by atoms with Crippen LogP contribution in [0.2, 0.25) is 0 Å². The Labute approximate surface area is 108 Å². The van der Waals surface area contributed by atoms with E-state index in [0.717, 1.165) is 32.5 Å². The first-order valence-electron chi connectivity index (χ1n) is 4.14. The molecule has 0 aliphatic heterocycles. The summed E-state index contributed by atoms with van der Waals surface area (Å²) in [6, 6.07) is 0. The number of hydrogen-bond donors (Lipinski definition) is 3. The van der Waals surface area contributed by atoms with Crippen molar-refractivity contribution in [3.8, 4) is 0 Å². The van der Waals surface area contributed by atoms with Crippen molar-refractivity contribution in [2.24, 2.45) is 11.5 Å². The number of nitrogens with two attached hydrogens (primary N) is 2. The van der Waals surface area contributed by atoms with Crippen LogP contribution in [0.1, 0.15) is 19.3 Å². The summed E-state index contributed by atoms with van der Waals surface area (Å²) in [5.74, 6) is 0. The van der Waals surface area contributed by atoms with E-state index in [1.807, 2.05) is 0 Å². The van der Waals surface area contributed by atoms with Crippen molar-refractivity contribution >= 4 is 48.0 Å². The smallest absolute Gasteiger partial charge is 0.167 e. The summed E-state index contributed by atoms with van der Waals surface area (Å²) in [7, 11) is 0. The molecule has 0 aliphatic rings. The zero-order valence-electron chi connectivity index (χ0n) is 7.97. The molecule has 0 aromatic heterocycles. The molecular formula is C7H19Cl4N3. The van der Waals surface area contributed by atoms with Crippen molar-refractivity contribution in [2.75, 3.05) is 19.6 Å². The van der Waals surface area contributed by atoms with Gasteiger partial charge in [-0.25, -0.2) is 0 Å². The Bertz CT molecular complexity index is 108. The van der Waals surface area contributed by atoms with Gasteiger partial charge < -0.3 is 16.8 Å². The molecule has 0 atom stereocenters. The Hall–Kier alpha value is 1.04. The van der Waals surface area contributed by atoms with Gasteiger partial charge in [-0.2, -0.15) is 0 Å². The van der Waals surface area contributed by atoms with Crippen molar-refractivity contribution in [1.29, 1.82) is 0 Å². The lowest BCUT2D eigenvalue weighted by atomic mass is 10.3. The summed E-state index contributed by atoms with van der Waals surface area (Å²) in [6.07, 6.45) is 2.68. The Morgan fingerprint density at radius 2 is 1.64 bits per heavy atom. The summed E-state index contributed by atoms with van der Waals surface area (Å²) in [5.41, 5.74) is 10.7. The fourth-order valence-electron chi connectivity index (χ4n) is 0.774. The molecule has 3 nitrogen and oxygen atoms in total. The maximum Gasteiger partial charge on any atom is 0.167 e. The minimum atomic E-state index is -1.10. The van der Waals surface area contributed by atoms with Crippen LogP contribution in [0.15, 0.2) is 0 Å². The van der Waals surface area contributed by atoms with Crippen LogP contribution in [0.4, 0.5) is 0 Å². The van der Waals surface area contributed by atoms with E-state index in [1.165, 1.54) is 0 Å². The van der Waals surface area contributed by atoms with Crippen molar-refractivity contribution in [3.63, 3.8) is 0 Å². The summed E-state index contributed by atoms with van der Waals surface area (Å²) in [5, 5.41) is 3.17. The number of nitrogens with one attached hydrogen (secondary N) is 1. The number of rotatable bonds is 7. The van der Waals surface area contributed by atoms with Crippen molar-refractivity contribution < 1.29 is 0 Å². The molecule has 14 heavy (non-hydrogen) atoms. The molecule has 0 unspecified atom stereocenters. The molecule has 0 aliphatic carbocycles. The van der Waals surface area contributed by atoms with Gasteiger partial charge in [0.1, 0.15) is 0 Å². The molecule has 0 heterocycles. The van der Waals surface area contributed by atoms with E-state index in [4.69, 9.17) is 34.7 Å². The van der Waals surface area contributed by atoms with E-state index < -0.39 is 4.46 Å². The van der Waals surface area contributed by atoms with Gasteiger partial charge in [-0.05, 0) is 32.5 Å². The molecule has 0 bridgehead atoms. The summed E-state index contributed by atoms with van der Waals surface area (Å²) in [4.78, 5) is 0. The van der Waals surface area contributed by atoms with Crippen LogP contribution in [0.5, 0.6) is 0 Å². The standard InChI is InChI=1S/C7H17Cl2N3.2ClH/c8-7(9,11)3-6-12-5-2-1-4-10;;/h12H,1-6,10-11H2;2*1H. The second-order valence-electron chi connectivity index (χ2n) is 2.76. The zero-order valence-corrected chi connectivity index (χ0v) is 11.1. The summed E-state index contributed by atoms with van der Waals surface area (Å²) >= 11 is 11.1. The lowest BCUT2D eigenvalue weighted by molar-refractivity contribution is 0.585. The van der Waals surface area contributed by atoms with Gasteiger partial charge in [-0.3, -0.25) is 0 Å². The minimum Gasteiger partial charge on any atom is -0.330 e. The highest BCUT2D eigenvalue weighted by Gasteiger charge is 2.14. The summed E-state index contributed by atoms with van der Waals surface area (Å²) < 4.78 is -1.10. The van der Waals surface area contributed by atoms with Gasteiger partial charge in [0.25, 0.3) is 0 Å². The van der Waals surface area contributed by atoms with E-state index in [2.05, 4.69) is 5.32 Å². The highest BCUT2D eigenvalue weighted by atomic mass is 35.5. The van der Waals surface area contributed by atoms with Crippen LogP contribution in [-0.2, 0) is 0 Å². The van der Waals surface area contributed by atoms with E-state index in [9.17, 15) is 0 Å². The van der Waals surface area contributed by atoms with Gasteiger partial charge in [0.05, 0.1) is 0 Å². The Morgan fingerprint density at radius 1 is 1.07 bits per heavy atom. The molecule has 0 radical (unpaired) electrons. The van der Waals surface area contributed by atoms with Gasteiger partial charge in [-0.1, -0.05) is 23.2 Å². The highest BCUT2D eigenvalue weighted by molar-refractivity contribution is 6.47. The highest BCUT2D eigenvalue weighted by Crippen LogP contribution is 2.16. The van der Waals surface area contributed by atoms with Crippen LogP contribution < -0.4 is 16.8 Å². The first kappa shape index (κ1) is 20.5. The van der Waals surface area contributed by atoms with Gasteiger partial charge in [0.2, 0.25) is 0 Å². The molecule has 0 spiro atoms. The molecule has 0 rings (SSSR count). The fraction of sp³-hybridized carbons (Fsp3) is 1.00.